The quantitative estimate of drug-likeness (QED) is 0.280. The lowest BCUT2D eigenvalue weighted by Gasteiger charge is -2.38. The molecule has 0 spiro atoms. The van der Waals surface area contributed by atoms with Crippen LogP contribution in [0.2, 0.25) is 0 Å². The van der Waals surface area contributed by atoms with E-state index in [0.29, 0.717) is 0 Å². The third-order valence-electron chi connectivity index (χ3n) is 4.65. The molecular formula is C22H34. The lowest BCUT2D eigenvalue weighted by Crippen LogP contribution is -2.25. The van der Waals surface area contributed by atoms with Crippen molar-refractivity contribution in [1.29, 1.82) is 0 Å². The van der Waals surface area contributed by atoms with Gasteiger partial charge in [-0.05, 0) is 62.2 Å². The molecule has 0 saturated heterocycles. The van der Waals surface area contributed by atoms with E-state index in [9.17, 15) is 0 Å². The molecule has 0 rings (SSSR count). The molecule has 0 radical (unpaired) electrons. The van der Waals surface area contributed by atoms with E-state index in [-0.39, 0.29) is 10.8 Å². The summed E-state index contributed by atoms with van der Waals surface area (Å²) in [5.74, 6) is 0. The SMILES string of the molecule is C=CCC(CC=C)(CC=C)CCC(CC=C)(CC=C)CC=C. The van der Waals surface area contributed by atoms with Crippen molar-refractivity contribution >= 4 is 0 Å². The van der Waals surface area contributed by atoms with Crippen molar-refractivity contribution in [1.82, 2.24) is 0 Å². The molecule has 0 fully saturated rings. The van der Waals surface area contributed by atoms with Crippen LogP contribution in [0.25, 0.3) is 0 Å². The third-order valence-corrected chi connectivity index (χ3v) is 4.65. The number of rotatable bonds is 15. The van der Waals surface area contributed by atoms with Crippen LogP contribution in [0.15, 0.2) is 75.9 Å². The van der Waals surface area contributed by atoms with Gasteiger partial charge in [0, 0.05) is 0 Å². The summed E-state index contributed by atoms with van der Waals surface area (Å²) in [6.07, 6.45) is 20.4. The van der Waals surface area contributed by atoms with Crippen LogP contribution in [0, 0.1) is 10.8 Å². The summed E-state index contributed by atoms with van der Waals surface area (Å²) in [7, 11) is 0. The molecule has 0 heteroatoms. The Kier molecular flexibility index (Phi) is 10.3. The number of hydrogen-bond donors (Lipinski definition) is 0. The van der Waals surface area contributed by atoms with Crippen LogP contribution in [0.1, 0.15) is 51.4 Å². The minimum absolute atomic E-state index is 0.194. The highest BCUT2D eigenvalue weighted by Gasteiger charge is 2.32. The smallest absolute Gasteiger partial charge is 0.0194 e. The standard InChI is InChI=1S/C22H34/c1-7-13-21(14-8-2,15-9-3)19-20-22(16-10-4,17-11-5)18-12-6/h7-12H,1-6,13-20H2. The van der Waals surface area contributed by atoms with Gasteiger partial charge in [-0.3, -0.25) is 0 Å². The fraction of sp³-hybridized carbons (Fsp3) is 0.455. The zero-order valence-electron chi connectivity index (χ0n) is 14.4. The number of allylic oxidation sites excluding steroid dienone is 6. The first-order valence-corrected chi connectivity index (χ1v) is 8.23. The van der Waals surface area contributed by atoms with Crippen LogP contribution in [-0.4, -0.2) is 0 Å². The highest BCUT2D eigenvalue weighted by Crippen LogP contribution is 2.45. The van der Waals surface area contributed by atoms with Gasteiger partial charge in [-0.25, -0.2) is 0 Å². The third kappa shape index (κ3) is 6.47. The molecule has 122 valence electrons. The van der Waals surface area contributed by atoms with E-state index < -0.39 is 0 Å². The molecule has 0 heterocycles. The summed E-state index contributed by atoms with van der Waals surface area (Å²) < 4.78 is 0. The average Bonchev–Trinajstić information content (AvgIpc) is 2.47. The molecule has 0 aliphatic carbocycles. The molecule has 0 aromatic heterocycles. The lowest BCUT2D eigenvalue weighted by atomic mass is 9.67. The maximum atomic E-state index is 3.95. The molecule has 22 heavy (non-hydrogen) atoms. The zero-order chi connectivity index (χ0) is 16.9. The summed E-state index contributed by atoms with van der Waals surface area (Å²) in [4.78, 5) is 0. The molecule has 0 aromatic carbocycles. The molecule has 0 bridgehead atoms. The average molecular weight is 299 g/mol. The lowest BCUT2D eigenvalue weighted by molar-refractivity contribution is 0.183. The summed E-state index contributed by atoms with van der Waals surface area (Å²) in [6.45, 7) is 23.7. The van der Waals surface area contributed by atoms with Crippen LogP contribution in [0.4, 0.5) is 0 Å². The summed E-state index contributed by atoms with van der Waals surface area (Å²) in [5.41, 5.74) is 0.389. The molecule has 0 saturated carbocycles. The van der Waals surface area contributed by atoms with Crippen molar-refractivity contribution in [2.75, 3.05) is 0 Å². The van der Waals surface area contributed by atoms with E-state index in [1.54, 1.807) is 0 Å². The van der Waals surface area contributed by atoms with Crippen LogP contribution in [0.3, 0.4) is 0 Å². The van der Waals surface area contributed by atoms with Crippen LogP contribution in [0.5, 0.6) is 0 Å². The van der Waals surface area contributed by atoms with Gasteiger partial charge in [-0.1, -0.05) is 36.5 Å². The second-order valence-electron chi connectivity index (χ2n) is 6.46. The first-order valence-electron chi connectivity index (χ1n) is 8.23. The fourth-order valence-corrected chi connectivity index (χ4v) is 3.48. The predicted molar refractivity (Wildman–Crippen MR) is 103 cm³/mol. The minimum atomic E-state index is 0.194. The topological polar surface area (TPSA) is 0 Å². The summed E-state index contributed by atoms with van der Waals surface area (Å²) in [6, 6.07) is 0. The maximum Gasteiger partial charge on any atom is -0.0194 e. The van der Waals surface area contributed by atoms with Crippen molar-refractivity contribution in [3.8, 4) is 0 Å². The molecular weight excluding hydrogens is 264 g/mol. The van der Waals surface area contributed by atoms with E-state index in [1.807, 2.05) is 36.5 Å². The van der Waals surface area contributed by atoms with Gasteiger partial charge < -0.3 is 0 Å². The van der Waals surface area contributed by atoms with Gasteiger partial charge in [0.2, 0.25) is 0 Å². The van der Waals surface area contributed by atoms with E-state index in [4.69, 9.17) is 0 Å². The van der Waals surface area contributed by atoms with Gasteiger partial charge in [0.05, 0.1) is 0 Å². The van der Waals surface area contributed by atoms with Crippen molar-refractivity contribution in [3.05, 3.63) is 75.9 Å². The first kappa shape index (κ1) is 20.4. The molecule has 0 aliphatic heterocycles. The van der Waals surface area contributed by atoms with Crippen molar-refractivity contribution in [2.24, 2.45) is 10.8 Å². The Morgan fingerprint density at radius 1 is 0.409 bits per heavy atom. The monoisotopic (exact) mass is 298 g/mol. The summed E-state index contributed by atoms with van der Waals surface area (Å²) >= 11 is 0. The Hall–Kier alpha value is -1.56. The van der Waals surface area contributed by atoms with Gasteiger partial charge >= 0.3 is 0 Å². The fourth-order valence-electron chi connectivity index (χ4n) is 3.48. The van der Waals surface area contributed by atoms with Crippen molar-refractivity contribution < 1.29 is 0 Å². The Labute approximate surface area is 138 Å². The minimum Gasteiger partial charge on any atom is -0.103 e. The molecule has 0 aliphatic rings. The Morgan fingerprint density at radius 3 is 0.727 bits per heavy atom. The summed E-state index contributed by atoms with van der Waals surface area (Å²) in [5, 5.41) is 0. The van der Waals surface area contributed by atoms with E-state index in [1.165, 1.54) is 0 Å². The van der Waals surface area contributed by atoms with Crippen molar-refractivity contribution in [3.63, 3.8) is 0 Å². The maximum absolute atomic E-state index is 3.95. The zero-order valence-corrected chi connectivity index (χ0v) is 14.4. The van der Waals surface area contributed by atoms with Crippen molar-refractivity contribution in [2.45, 2.75) is 51.4 Å². The molecule has 0 nitrogen and oxygen atoms in total. The molecule has 0 atom stereocenters. The molecule has 0 N–H and O–H groups in total. The van der Waals surface area contributed by atoms with E-state index in [2.05, 4.69) is 39.5 Å². The largest absolute Gasteiger partial charge is 0.103 e. The van der Waals surface area contributed by atoms with E-state index >= 15 is 0 Å². The molecule has 0 aromatic rings. The second kappa shape index (κ2) is 11.1. The van der Waals surface area contributed by atoms with Crippen LogP contribution < -0.4 is 0 Å². The Morgan fingerprint density at radius 2 is 0.591 bits per heavy atom. The molecule has 0 amide bonds. The van der Waals surface area contributed by atoms with Gasteiger partial charge in [-0.2, -0.15) is 0 Å². The van der Waals surface area contributed by atoms with Gasteiger partial charge in [0.15, 0.2) is 0 Å². The van der Waals surface area contributed by atoms with E-state index in [0.717, 1.165) is 51.4 Å². The Bertz CT molecular complexity index is 292. The Balaban J connectivity index is 5.28. The van der Waals surface area contributed by atoms with Crippen LogP contribution in [-0.2, 0) is 0 Å². The first-order chi connectivity index (χ1) is 10.6. The number of hydrogen-bond acceptors (Lipinski definition) is 0. The van der Waals surface area contributed by atoms with Gasteiger partial charge in [0.1, 0.15) is 0 Å². The normalized spacial score (nSPS) is 11.5. The highest BCUT2D eigenvalue weighted by atomic mass is 14.4. The molecule has 0 unspecified atom stereocenters. The second-order valence-corrected chi connectivity index (χ2v) is 6.46. The highest BCUT2D eigenvalue weighted by molar-refractivity contribution is 5.00. The van der Waals surface area contributed by atoms with Gasteiger partial charge in [0.25, 0.3) is 0 Å². The predicted octanol–water partition coefficient (Wildman–Crippen LogP) is 7.20. The van der Waals surface area contributed by atoms with Gasteiger partial charge in [-0.15, -0.1) is 39.5 Å². The van der Waals surface area contributed by atoms with Crippen LogP contribution >= 0.6 is 0 Å².